The molecule has 0 bridgehead atoms. The van der Waals surface area contributed by atoms with Crippen molar-refractivity contribution in [3.8, 4) is 16.9 Å². The molecule has 0 saturated heterocycles. The lowest BCUT2D eigenvalue weighted by Crippen LogP contribution is -2.15. The minimum atomic E-state index is -4.71. The normalized spacial score (nSPS) is 11.9. The zero-order valence-electron chi connectivity index (χ0n) is 21.3. The fourth-order valence-electron chi connectivity index (χ4n) is 3.79. The summed E-state index contributed by atoms with van der Waals surface area (Å²) < 4.78 is 39.3. The Kier molecular flexibility index (Phi) is 8.58. The number of hydrogen-bond donors (Lipinski definition) is 4. The van der Waals surface area contributed by atoms with E-state index in [-0.39, 0.29) is 17.1 Å². The number of H-pyrrole nitrogens is 1. The Hall–Kier alpha value is -4.17. The molecule has 3 heterocycles. The van der Waals surface area contributed by atoms with Crippen LogP contribution < -0.4 is 5.56 Å². The molecular formula is C22H12Cl2N8O9S3. The summed E-state index contributed by atoms with van der Waals surface area (Å²) in [6.45, 7) is 1.57. The molecular weight excluding hydrogens is 687 g/mol. The summed E-state index contributed by atoms with van der Waals surface area (Å²) in [6, 6.07) is 8.62. The zero-order chi connectivity index (χ0) is 31.9. The maximum atomic E-state index is 13.2. The van der Waals surface area contributed by atoms with Gasteiger partial charge in [-0.1, -0.05) is 39.6 Å². The molecule has 17 nitrogen and oxygen atoms in total. The molecule has 22 heteroatoms. The smallest absolute Gasteiger partial charge is 0.356 e. The number of aromatic nitrogens is 5. The number of halogens is 2. The number of nitrogens with zero attached hydrogens (tertiary/aromatic N) is 7. The van der Waals surface area contributed by atoms with Crippen molar-refractivity contribution in [2.75, 3.05) is 0 Å². The van der Waals surface area contributed by atoms with Gasteiger partial charge in [0, 0.05) is 4.90 Å². The SMILES string of the molecule is Cc1c(C#N)c(N=Nc2c(C(=O)O)[nH]n(-c3c(Cl)cc(S(=O)(=O)O)cc3Cl)c2=O)nn1-c1nc2ccc(SOOO)cc2s1. The van der Waals surface area contributed by atoms with Crippen molar-refractivity contribution in [2.45, 2.75) is 16.7 Å². The van der Waals surface area contributed by atoms with E-state index in [4.69, 9.17) is 28.5 Å². The van der Waals surface area contributed by atoms with Gasteiger partial charge in [-0.3, -0.25) is 14.4 Å². The standard InChI is InChI=1S/C22H12Cl2N8O9S3/c1-8-11(7-25)19(30-31(8)22-26-14-3-2-9(43-41-40-36)4-15(14)42-22)28-27-16-17(21(34)35)29-32(20(16)33)18-12(23)5-10(6-13(18)24)44(37,38)39/h2-6,29,36H,1H3,(H,34,35)(H,37,38,39). The number of rotatable bonds is 9. The van der Waals surface area contributed by atoms with E-state index in [2.05, 4.69) is 34.8 Å². The molecule has 4 N–H and O–H groups in total. The number of hydrogen-bond acceptors (Lipinski definition) is 14. The number of nitrogens with one attached hydrogen (secondary N) is 1. The molecule has 0 radical (unpaired) electrons. The van der Waals surface area contributed by atoms with E-state index in [0.29, 0.717) is 30.6 Å². The van der Waals surface area contributed by atoms with Gasteiger partial charge in [-0.05, 0) is 37.3 Å². The molecule has 0 amide bonds. The summed E-state index contributed by atoms with van der Waals surface area (Å²) in [5, 5.41) is 45.1. The molecule has 44 heavy (non-hydrogen) atoms. The molecule has 0 unspecified atom stereocenters. The first-order valence-corrected chi connectivity index (χ1v) is 15.1. The number of benzene rings is 2. The molecule has 0 aliphatic carbocycles. The molecule has 5 rings (SSSR count). The summed E-state index contributed by atoms with van der Waals surface area (Å²) in [4.78, 5) is 29.6. The summed E-state index contributed by atoms with van der Waals surface area (Å²) in [7, 11) is -4.71. The van der Waals surface area contributed by atoms with E-state index in [1.54, 1.807) is 25.1 Å². The van der Waals surface area contributed by atoms with E-state index in [1.165, 1.54) is 16.0 Å². The lowest BCUT2D eigenvalue weighted by molar-refractivity contribution is -0.432. The van der Waals surface area contributed by atoms with Crippen molar-refractivity contribution in [2.24, 2.45) is 10.2 Å². The number of carbonyl (C=O) groups is 1. The second-order valence-electron chi connectivity index (χ2n) is 8.35. The van der Waals surface area contributed by atoms with Gasteiger partial charge in [-0.15, -0.1) is 19.7 Å². The number of azo groups is 1. The molecule has 5 aromatic rings. The van der Waals surface area contributed by atoms with Crippen LogP contribution >= 0.6 is 46.6 Å². The van der Waals surface area contributed by atoms with Crippen molar-refractivity contribution < 1.29 is 37.5 Å². The van der Waals surface area contributed by atoms with Crippen molar-refractivity contribution in [1.82, 2.24) is 24.5 Å². The van der Waals surface area contributed by atoms with Crippen LogP contribution in [0.15, 0.2) is 55.1 Å². The van der Waals surface area contributed by atoms with Crippen molar-refractivity contribution >= 4 is 84.4 Å². The lowest BCUT2D eigenvalue weighted by Gasteiger charge is -2.08. The highest BCUT2D eigenvalue weighted by Gasteiger charge is 2.26. The predicted octanol–water partition coefficient (Wildman–Crippen LogP) is 5.24. The Morgan fingerprint density at radius 1 is 1.23 bits per heavy atom. The van der Waals surface area contributed by atoms with Crippen molar-refractivity contribution in [3.05, 3.63) is 67.7 Å². The van der Waals surface area contributed by atoms with Crippen LogP contribution in [0.1, 0.15) is 21.7 Å². The molecule has 2 aromatic carbocycles. The summed E-state index contributed by atoms with van der Waals surface area (Å²) >= 11 is 14.2. The fourth-order valence-corrected chi connectivity index (χ4v) is 6.60. The third-order valence-electron chi connectivity index (χ3n) is 5.74. The monoisotopic (exact) mass is 698 g/mol. The second-order valence-corrected chi connectivity index (χ2v) is 12.4. The predicted molar refractivity (Wildman–Crippen MR) is 154 cm³/mol. The van der Waals surface area contributed by atoms with Gasteiger partial charge in [0.15, 0.2) is 11.4 Å². The minimum absolute atomic E-state index is 0.0441. The highest BCUT2D eigenvalue weighted by molar-refractivity contribution is 7.94. The first kappa shape index (κ1) is 31.3. The Morgan fingerprint density at radius 2 is 1.93 bits per heavy atom. The maximum Gasteiger partial charge on any atom is 0.356 e. The van der Waals surface area contributed by atoms with E-state index < -0.39 is 48.0 Å². The molecule has 0 saturated carbocycles. The Bertz CT molecular complexity index is 2190. The topological polar surface area (TPSA) is 247 Å². The van der Waals surface area contributed by atoms with Gasteiger partial charge in [0.2, 0.25) is 10.9 Å². The number of aromatic carboxylic acids is 1. The first-order valence-electron chi connectivity index (χ1n) is 11.4. The Labute approximate surface area is 262 Å². The summed E-state index contributed by atoms with van der Waals surface area (Å²) in [6.07, 6.45) is 0. The van der Waals surface area contributed by atoms with Crippen molar-refractivity contribution in [1.29, 1.82) is 5.26 Å². The third-order valence-corrected chi connectivity index (χ3v) is 8.71. The molecule has 0 spiro atoms. The van der Waals surface area contributed by atoms with Gasteiger partial charge >= 0.3 is 5.97 Å². The van der Waals surface area contributed by atoms with E-state index in [1.807, 2.05) is 6.07 Å². The highest BCUT2D eigenvalue weighted by Crippen LogP contribution is 2.34. The van der Waals surface area contributed by atoms with Crippen LogP contribution in [0.2, 0.25) is 10.0 Å². The molecule has 226 valence electrons. The number of carboxylic acids is 1. The van der Waals surface area contributed by atoms with Crippen LogP contribution in [0.5, 0.6) is 0 Å². The number of fused-ring (bicyclic) bond motifs is 1. The van der Waals surface area contributed by atoms with Crippen LogP contribution in [0.3, 0.4) is 0 Å². The highest BCUT2D eigenvalue weighted by atomic mass is 35.5. The van der Waals surface area contributed by atoms with Crippen LogP contribution in [-0.2, 0) is 19.5 Å². The summed E-state index contributed by atoms with van der Waals surface area (Å²) in [5.74, 6) is -1.88. The largest absolute Gasteiger partial charge is 0.476 e. The number of carboxylic acid groups (broad SMARTS) is 1. The van der Waals surface area contributed by atoms with Crippen LogP contribution in [-0.4, -0.2) is 53.8 Å². The second kappa shape index (κ2) is 12.1. The summed E-state index contributed by atoms with van der Waals surface area (Å²) in [5.41, 5.74) is -2.04. The first-order chi connectivity index (χ1) is 20.8. The van der Waals surface area contributed by atoms with Gasteiger partial charge < -0.3 is 5.11 Å². The van der Waals surface area contributed by atoms with Gasteiger partial charge in [0.1, 0.15) is 17.3 Å². The average Bonchev–Trinajstić information content (AvgIpc) is 3.62. The molecule has 0 aliphatic rings. The van der Waals surface area contributed by atoms with E-state index in [0.717, 1.165) is 24.2 Å². The third kappa shape index (κ3) is 5.83. The molecule has 3 aromatic heterocycles. The molecule has 0 atom stereocenters. The van der Waals surface area contributed by atoms with Crippen LogP contribution in [0.25, 0.3) is 21.0 Å². The van der Waals surface area contributed by atoms with Crippen LogP contribution in [0.4, 0.5) is 11.5 Å². The number of thiazole rings is 1. The fraction of sp³-hybridized carbons (Fsp3) is 0.0455. The maximum absolute atomic E-state index is 13.2. The zero-order valence-corrected chi connectivity index (χ0v) is 25.3. The molecule has 0 aliphatic heterocycles. The van der Waals surface area contributed by atoms with Gasteiger partial charge in [0.05, 0.1) is 42.9 Å². The Morgan fingerprint density at radius 3 is 2.55 bits per heavy atom. The molecule has 0 fully saturated rings. The van der Waals surface area contributed by atoms with E-state index >= 15 is 0 Å². The van der Waals surface area contributed by atoms with Crippen LogP contribution in [0, 0.1) is 18.3 Å². The van der Waals surface area contributed by atoms with Gasteiger partial charge in [-0.2, -0.15) is 13.7 Å². The van der Waals surface area contributed by atoms with Crippen molar-refractivity contribution in [3.63, 3.8) is 0 Å². The quantitative estimate of drug-likeness (QED) is 0.0506. The average molecular weight is 699 g/mol. The van der Waals surface area contributed by atoms with E-state index in [9.17, 15) is 32.9 Å². The van der Waals surface area contributed by atoms with Gasteiger partial charge in [-0.25, -0.2) is 24.4 Å². The minimum Gasteiger partial charge on any atom is -0.476 e. The van der Waals surface area contributed by atoms with Gasteiger partial charge in [0.25, 0.3) is 15.7 Å². The lowest BCUT2D eigenvalue weighted by atomic mass is 10.3. The Balaban J connectivity index is 1.57. The number of aromatic amines is 1. The number of nitriles is 1.